The molecule has 0 aliphatic carbocycles. The smallest absolute Gasteiger partial charge is 0.203 e. The summed E-state index contributed by atoms with van der Waals surface area (Å²) in [5.41, 5.74) is -0.258. The zero-order chi connectivity index (χ0) is 9.30. The van der Waals surface area contributed by atoms with Gasteiger partial charge in [0.05, 0.1) is 12.1 Å². The standard InChI is InChI=1S/C7H5F3NO/c1-11(12)4-2-5(8)7(10)6(9)3-4/h2-3H,1H3/q+1. The van der Waals surface area contributed by atoms with Gasteiger partial charge in [0, 0.05) is 9.67 Å². The highest BCUT2D eigenvalue weighted by Gasteiger charge is 2.16. The minimum atomic E-state index is -1.57. The first-order valence-electron chi connectivity index (χ1n) is 3.08. The molecule has 0 aliphatic rings. The third-order valence-electron chi connectivity index (χ3n) is 1.33. The Kier molecular flexibility index (Phi) is 2.12. The van der Waals surface area contributed by atoms with Gasteiger partial charge in [0.15, 0.2) is 24.5 Å². The third-order valence-corrected chi connectivity index (χ3v) is 1.33. The largest absolute Gasteiger partial charge is 0.261 e. The van der Waals surface area contributed by atoms with Gasteiger partial charge in [0.1, 0.15) is 0 Å². The summed E-state index contributed by atoms with van der Waals surface area (Å²) in [6.07, 6.45) is 0. The summed E-state index contributed by atoms with van der Waals surface area (Å²) in [4.78, 5) is 10.5. The fraction of sp³-hybridized carbons (Fsp3) is 0.143. The van der Waals surface area contributed by atoms with Gasteiger partial charge in [0.2, 0.25) is 0 Å². The molecule has 0 aromatic heterocycles. The van der Waals surface area contributed by atoms with Crippen molar-refractivity contribution < 1.29 is 17.9 Å². The molecule has 0 unspecified atom stereocenters. The number of hydrogen-bond acceptors (Lipinski definition) is 1. The Bertz CT molecular complexity index is 314. The van der Waals surface area contributed by atoms with Crippen molar-refractivity contribution in [3.8, 4) is 0 Å². The highest BCUT2D eigenvalue weighted by Crippen LogP contribution is 2.18. The Hall–Kier alpha value is -1.39. The first kappa shape index (κ1) is 8.70. The number of nitrogens with zero attached hydrogens (tertiary/aromatic N) is 1. The maximum Gasteiger partial charge on any atom is 0.261 e. The molecule has 0 saturated heterocycles. The summed E-state index contributed by atoms with van der Waals surface area (Å²) in [6, 6.07) is 1.26. The number of hydrogen-bond donors (Lipinski definition) is 0. The number of nitroso groups, excluding NO2 is 1. The lowest BCUT2D eigenvalue weighted by Crippen LogP contribution is -1.96. The van der Waals surface area contributed by atoms with E-state index in [9.17, 15) is 18.1 Å². The van der Waals surface area contributed by atoms with Crippen LogP contribution in [-0.4, -0.2) is 11.8 Å². The average molecular weight is 176 g/mol. The molecule has 1 aromatic carbocycles. The monoisotopic (exact) mass is 176 g/mol. The maximum absolute atomic E-state index is 12.4. The molecule has 0 fully saturated rings. The summed E-state index contributed by atoms with van der Waals surface area (Å²) < 4.78 is 37.4. The molecule has 64 valence electrons. The molecule has 0 spiro atoms. The van der Waals surface area contributed by atoms with Crippen LogP contribution in [0.25, 0.3) is 0 Å². The Morgan fingerprint density at radius 1 is 1.17 bits per heavy atom. The fourth-order valence-corrected chi connectivity index (χ4v) is 0.724. The van der Waals surface area contributed by atoms with E-state index < -0.39 is 17.5 Å². The lowest BCUT2D eigenvalue weighted by molar-refractivity contribution is -0.428. The lowest BCUT2D eigenvalue weighted by Gasteiger charge is -1.93. The van der Waals surface area contributed by atoms with Crippen LogP contribution in [0.4, 0.5) is 18.9 Å². The van der Waals surface area contributed by atoms with E-state index in [0.717, 1.165) is 7.05 Å². The Morgan fingerprint density at radius 2 is 1.58 bits per heavy atom. The topological polar surface area (TPSA) is 20.1 Å². The molecular formula is C7H5F3NO+. The van der Waals surface area contributed by atoms with Crippen LogP contribution in [0.2, 0.25) is 0 Å². The van der Waals surface area contributed by atoms with Crippen LogP contribution in [0.5, 0.6) is 0 Å². The van der Waals surface area contributed by atoms with Gasteiger partial charge in [-0.1, -0.05) is 0 Å². The van der Waals surface area contributed by atoms with E-state index in [4.69, 9.17) is 0 Å². The van der Waals surface area contributed by atoms with Gasteiger partial charge in [0.25, 0.3) is 5.69 Å². The van der Waals surface area contributed by atoms with Crippen LogP contribution in [0.3, 0.4) is 0 Å². The zero-order valence-electron chi connectivity index (χ0n) is 6.14. The SMILES string of the molecule is C[N+](=O)c1cc(F)c(F)c(F)c1. The predicted molar refractivity (Wildman–Crippen MR) is 35.5 cm³/mol. The number of halogens is 3. The van der Waals surface area contributed by atoms with Gasteiger partial charge in [-0.25, -0.2) is 13.2 Å². The van der Waals surface area contributed by atoms with E-state index in [1.54, 1.807) is 0 Å². The molecule has 12 heavy (non-hydrogen) atoms. The van der Waals surface area contributed by atoms with Gasteiger partial charge in [-0.15, -0.1) is 0 Å². The van der Waals surface area contributed by atoms with Gasteiger partial charge < -0.3 is 0 Å². The Balaban J connectivity index is 3.31. The number of benzene rings is 1. The first-order valence-corrected chi connectivity index (χ1v) is 3.08. The minimum Gasteiger partial charge on any atom is -0.203 e. The van der Waals surface area contributed by atoms with Crippen LogP contribution < -0.4 is 0 Å². The first-order chi connectivity index (χ1) is 5.52. The van der Waals surface area contributed by atoms with E-state index in [-0.39, 0.29) is 10.4 Å². The van der Waals surface area contributed by atoms with Crippen molar-refractivity contribution in [2.45, 2.75) is 0 Å². The molecule has 1 rings (SSSR count). The van der Waals surface area contributed by atoms with Crippen LogP contribution in [-0.2, 0) is 0 Å². The molecule has 0 radical (unpaired) electrons. The molecule has 5 heteroatoms. The summed E-state index contributed by atoms with van der Waals surface area (Å²) in [7, 11) is 1.06. The van der Waals surface area contributed by atoms with E-state index >= 15 is 0 Å². The third kappa shape index (κ3) is 1.44. The highest BCUT2D eigenvalue weighted by atomic mass is 19.2. The molecule has 0 bridgehead atoms. The molecule has 0 saturated carbocycles. The molecule has 0 amide bonds. The molecule has 0 aliphatic heterocycles. The quantitative estimate of drug-likeness (QED) is 0.474. The van der Waals surface area contributed by atoms with Gasteiger partial charge in [-0.3, -0.25) is 0 Å². The summed E-state index contributed by atoms with van der Waals surface area (Å²) in [5.74, 6) is -4.30. The second-order valence-electron chi connectivity index (χ2n) is 2.22. The van der Waals surface area contributed by atoms with Crippen molar-refractivity contribution in [2.24, 2.45) is 0 Å². The second kappa shape index (κ2) is 2.92. The van der Waals surface area contributed by atoms with Gasteiger partial charge in [-0.05, 0) is 0 Å². The van der Waals surface area contributed by atoms with Crippen molar-refractivity contribution in [1.29, 1.82) is 0 Å². The van der Waals surface area contributed by atoms with Crippen molar-refractivity contribution in [2.75, 3.05) is 7.05 Å². The molecule has 2 nitrogen and oxygen atoms in total. The lowest BCUT2D eigenvalue weighted by atomic mass is 10.3. The second-order valence-corrected chi connectivity index (χ2v) is 2.22. The Morgan fingerprint density at radius 3 is 1.92 bits per heavy atom. The number of rotatable bonds is 1. The van der Waals surface area contributed by atoms with E-state index in [1.165, 1.54) is 0 Å². The molecular weight excluding hydrogens is 171 g/mol. The fourth-order valence-electron chi connectivity index (χ4n) is 0.724. The van der Waals surface area contributed by atoms with Crippen LogP contribution in [0.1, 0.15) is 0 Å². The van der Waals surface area contributed by atoms with E-state index in [0.29, 0.717) is 12.1 Å². The molecule has 1 aromatic rings. The van der Waals surface area contributed by atoms with Crippen LogP contribution in [0, 0.1) is 22.4 Å². The molecule has 0 atom stereocenters. The van der Waals surface area contributed by atoms with E-state index in [2.05, 4.69) is 0 Å². The minimum absolute atomic E-state index is 0.242. The molecule has 0 N–H and O–H groups in total. The maximum atomic E-state index is 12.4. The zero-order valence-corrected chi connectivity index (χ0v) is 6.14. The highest BCUT2D eigenvalue weighted by molar-refractivity contribution is 5.31. The van der Waals surface area contributed by atoms with Crippen molar-refractivity contribution in [3.63, 3.8) is 0 Å². The van der Waals surface area contributed by atoms with Gasteiger partial charge in [-0.2, -0.15) is 0 Å². The predicted octanol–water partition coefficient (Wildman–Crippen LogP) is 2.14. The van der Waals surface area contributed by atoms with Gasteiger partial charge >= 0.3 is 0 Å². The summed E-state index contributed by atoms with van der Waals surface area (Å²) >= 11 is 0. The molecule has 0 heterocycles. The van der Waals surface area contributed by atoms with Crippen molar-refractivity contribution in [1.82, 2.24) is 0 Å². The normalized spacial score (nSPS) is 10.0. The summed E-state index contributed by atoms with van der Waals surface area (Å²) in [5, 5.41) is 0. The van der Waals surface area contributed by atoms with Crippen LogP contribution >= 0.6 is 0 Å². The summed E-state index contributed by atoms with van der Waals surface area (Å²) in [6.45, 7) is 0. The average Bonchev–Trinajstić information content (AvgIpc) is 1.99. The van der Waals surface area contributed by atoms with Crippen LogP contribution in [0.15, 0.2) is 12.1 Å². The van der Waals surface area contributed by atoms with E-state index in [1.807, 2.05) is 0 Å². The van der Waals surface area contributed by atoms with Crippen molar-refractivity contribution in [3.05, 3.63) is 34.5 Å². The van der Waals surface area contributed by atoms with Crippen molar-refractivity contribution >= 4 is 5.69 Å². The Labute approximate surface area is 66.2 Å².